The first-order valence-electron chi connectivity index (χ1n) is 9.93. The second-order valence-electron chi connectivity index (χ2n) is 7.01. The fourth-order valence-corrected chi connectivity index (χ4v) is 3.73. The Balaban J connectivity index is 4.06. The molecular weight excluding hydrogens is 420 g/mol. The maximum Gasteiger partial charge on any atom is 0.307 e. The highest BCUT2D eigenvalue weighted by Crippen LogP contribution is 2.25. The summed E-state index contributed by atoms with van der Waals surface area (Å²) in [5.41, 5.74) is 0. The van der Waals surface area contributed by atoms with Crippen molar-refractivity contribution in [1.29, 1.82) is 0 Å². The number of rotatable bonds is 20. The number of hydrogen-bond acceptors (Lipinski definition) is 8. The smallest absolute Gasteiger partial charge is 0.307 e. The first kappa shape index (κ1) is 28.6. The largest absolute Gasteiger partial charge is 0.481 e. The number of ether oxygens (including phenoxy) is 2. The molecule has 0 radical (unpaired) electrons. The van der Waals surface area contributed by atoms with Crippen LogP contribution in [0.25, 0.3) is 0 Å². The molecule has 3 atom stereocenters. The van der Waals surface area contributed by atoms with Crippen LogP contribution in [0.4, 0.5) is 0 Å². The summed E-state index contributed by atoms with van der Waals surface area (Å²) in [6.07, 6.45) is -0.221. The summed E-state index contributed by atoms with van der Waals surface area (Å²) < 4.78 is 10.7. The molecule has 0 heterocycles. The van der Waals surface area contributed by atoms with Gasteiger partial charge in [0.2, 0.25) is 0 Å². The highest BCUT2D eigenvalue weighted by molar-refractivity contribution is 7.99. The third-order valence-electron chi connectivity index (χ3n) is 4.29. The van der Waals surface area contributed by atoms with Crippen LogP contribution >= 0.6 is 11.8 Å². The van der Waals surface area contributed by atoms with E-state index in [1.54, 1.807) is 0 Å². The zero-order chi connectivity index (χ0) is 22.9. The lowest BCUT2D eigenvalue weighted by Crippen LogP contribution is -2.30. The van der Waals surface area contributed by atoms with Crippen LogP contribution in [0.15, 0.2) is 0 Å². The number of carboxylic acids is 3. The summed E-state index contributed by atoms with van der Waals surface area (Å²) >= 11 is 1.12. The molecule has 0 aliphatic rings. The van der Waals surface area contributed by atoms with E-state index in [2.05, 4.69) is 0 Å². The van der Waals surface area contributed by atoms with E-state index in [1.165, 1.54) is 0 Å². The number of carboxylic acid groups (broad SMARTS) is 3. The van der Waals surface area contributed by atoms with E-state index in [0.717, 1.165) is 24.6 Å². The third-order valence-corrected chi connectivity index (χ3v) is 5.50. The fraction of sp³-hybridized carbons (Fsp3) is 0.842. The molecule has 0 saturated carbocycles. The van der Waals surface area contributed by atoms with E-state index < -0.39 is 54.8 Å². The lowest BCUT2D eigenvalue weighted by atomic mass is 9.88. The molecule has 0 saturated heterocycles. The maximum absolute atomic E-state index is 11.4. The Kier molecular flexibility index (Phi) is 16.5. The zero-order valence-electron chi connectivity index (χ0n) is 17.3. The lowest BCUT2D eigenvalue weighted by molar-refractivity contribution is -0.146. The van der Waals surface area contributed by atoms with Crippen LogP contribution in [-0.2, 0) is 23.9 Å². The van der Waals surface area contributed by atoms with Gasteiger partial charge in [-0.1, -0.05) is 6.92 Å². The Labute approximate surface area is 180 Å². The van der Waals surface area contributed by atoms with Gasteiger partial charge in [-0.2, -0.15) is 11.8 Å². The molecule has 11 heteroatoms. The van der Waals surface area contributed by atoms with Crippen molar-refractivity contribution < 1.29 is 49.4 Å². The van der Waals surface area contributed by atoms with Crippen molar-refractivity contribution in [1.82, 2.24) is 0 Å². The molecule has 0 spiro atoms. The summed E-state index contributed by atoms with van der Waals surface area (Å²) in [6, 6.07) is 0. The number of carbonyl (C=O) groups is 3. The second kappa shape index (κ2) is 17.3. The van der Waals surface area contributed by atoms with E-state index in [0.29, 0.717) is 26.2 Å². The molecule has 0 amide bonds. The Hall–Kier alpha value is -1.40. The molecule has 0 rings (SSSR count). The number of hydrogen-bond donors (Lipinski definition) is 5. The van der Waals surface area contributed by atoms with Gasteiger partial charge in [-0.15, -0.1) is 0 Å². The van der Waals surface area contributed by atoms with Gasteiger partial charge in [0.15, 0.2) is 0 Å². The quantitative estimate of drug-likeness (QED) is 0.166. The standard InChI is InChI=1S/C19H34O10S/c1-2-14(20)9-28-5-3-4-6-29-10-15(21)11-30-12-16(19(26)27)13(7-17(22)23)8-18(24)25/h13-16,20-21H,2-12H2,1H3,(H,22,23)(H,24,25)(H,26,27). The number of aliphatic hydroxyl groups excluding tert-OH is 2. The zero-order valence-corrected chi connectivity index (χ0v) is 18.1. The van der Waals surface area contributed by atoms with Crippen LogP contribution < -0.4 is 0 Å². The minimum atomic E-state index is -1.26. The molecule has 30 heavy (non-hydrogen) atoms. The van der Waals surface area contributed by atoms with Gasteiger partial charge in [-0.05, 0) is 25.2 Å². The molecule has 0 aliphatic heterocycles. The van der Waals surface area contributed by atoms with E-state index in [9.17, 15) is 29.7 Å². The normalized spacial score (nSPS) is 14.4. The van der Waals surface area contributed by atoms with Crippen molar-refractivity contribution in [2.75, 3.05) is 37.9 Å². The van der Waals surface area contributed by atoms with E-state index >= 15 is 0 Å². The molecule has 0 fully saturated rings. The molecule has 3 unspecified atom stereocenters. The van der Waals surface area contributed by atoms with E-state index in [1.807, 2.05) is 6.92 Å². The fourth-order valence-electron chi connectivity index (χ4n) is 2.56. The van der Waals surface area contributed by atoms with Crippen molar-refractivity contribution in [3.63, 3.8) is 0 Å². The number of aliphatic hydroxyl groups is 2. The highest BCUT2D eigenvalue weighted by atomic mass is 32.2. The summed E-state index contributed by atoms with van der Waals surface area (Å²) in [4.78, 5) is 33.3. The summed E-state index contributed by atoms with van der Waals surface area (Å²) in [5, 5.41) is 46.4. The summed E-state index contributed by atoms with van der Waals surface area (Å²) in [6.45, 7) is 3.21. The first-order chi connectivity index (χ1) is 14.2. The Morgan fingerprint density at radius 1 is 0.833 bits per heavy atom. The molecular formula is C19H34O10S. The van der Waals surface area contributed by atoms with Crippen LogP contribution in [-0.4, -0.2) is 93.6 Å². The average molecular weight is 455 g/mol. The molecule has 0 aromatic rings. The number of thioether (sulfide) groups is 1. The van der Waals surface area contributed by atoms with E-state index in [4.69, 9.17) is 19.7 Å². The topological polar surface area (TPSA) is 171 Å². The van der Waals surface area contributed by atoms with Crippen molar-refractivity contribution in [2.24, 2.45) is 11.8 Å². The number of unbranched alkanes of at least 4 members (excludes halogenated alkanes) is 1. The molecule has 176 valence electrons. The maximum atomic E-state index is 11.4. The van der Waals surface area contributed by atoms with Crippen LogP contribution in [0.3, 0.4) is 0 Å². The monoisotopic (exact) mass is 454 g/mol. The predicted octanol–water partition coefficient (Wildman–Crippen LogP) is 0.931. The number of aliphatic carboxylic acids is 3. The Morgan fingerprint density at radius 3 is 1.77 bits per heavy atom. The van der Waals surface area contributed by atoms with Crippen LogP contribution in [0.5, 0.6) is 0 Å². The van der Waals surface area contributed by atoms with Gasteiger partial charge >= 0.3 is 17.9 Å². The van der Waals surface area contributed by atoms with E-state index in [-0.39, 0.29) is 18.1 Å². The third kappa shape index (κ3) is 15.4. The summed E-state index contributed by atoms with van der Waals surface area (Å²) in [5.74, 6) is -5.74. The molecule has 0 aromatic heterocycles. The van der Waals surface area contributed by atoms with Gasteiger partial charge in [0.25, 0.3) is 0 Å². The van der Waals surface area contributed by atoms with Gasteiger partial charge in [-0.3, -0.25) is 14.4 Å². The molecule has 5 N–H and O–H groups in total. The van der Waals surface area contributed by atoms with Gasteiger partial charge in [0.1, 0.15) is 0 Å². The molecule has 0 bridgehead atoms. The van der Waals surface area contributed by atoms with Gasteiger partial charge in [0.05, 0.1) is 31.3 Å². The van der Waals surface area contributed by atoms with Crippen molar-refractivity contribution >= 4 is 29.7 Å². The van der Waals surface area contributed by atoms with Crippen LogP contribution in [0, 0.1) is 11.8 Å². The molecule has 0 aromatic carbocycles. The molecule has 10 nitrogen and oxygen atoms in total. The predicted molar refractivity (Wildman–Crippen MR) is 110 cm³/mol. The SMILES string of the molecule is CCC(O)COCCCCOCC(O)CSCC(C(=O)O)C(CC(=O)O)CC(=O)O. The first-order valence-corrected chi connectivity index (χ1v) is 11.1. The summed E-state index contributed by atoms with van der Waals surface area (Å²) in [7, 11) is 0. The van der Waals surface area contributed by atoms with Crippen molar-refractivity contribution in [2.45, 2.75) is 51.2 Å². The van der Waals surface area contributed by atoms with Crippen molar-refractivity contribution in [3.8, 4) is 0 Å². The Morgan fingerprint density at radius 2 is 1.33 bits per heavy atom. The highest BCUT2D eigenvalue weighted by Gasteiger charge is 2.31. The average Bonchev–Trinajstić information content (AvgIpc) is 2.65. The van der Waals surface area contributed by atoms with Gasteiger partial charge in [0, 0.05) is 37.6 Å². The minimum absolute atomic E-state index is 0.00142. The van der Waals surface area contributed by atoms with Crippen LogP contribution in [0.2, 0.25) is 0 Å². The lowest BCUT2D eigenvalue weighted by Gasteiger charge is -2.21. The Bertz CT molecular complexity index is 486. The van der Waals surface area contributed by atoms with Crippen molar-refractivity contribution in [3.05, 3.63) is 0 Å². The molecule has 0 aliphatic carbocycles. The van der Waals surface area contributed by atoms with Gasteiger partial charge in [-0.25, -0.2) is 0 Å². The minimum Gasteiger partial charge on any atom is -0.481 e. The van der Waals surface area contributed by atoms with Crippen LogP contribution in [0.1, 0.15) is 39.0 Å². The van der Waals surface area contributed by atoms with Gasteiger partial charge < -0.3 is 35.0 Å². The second-order valence-corrected chi connectivity index (χ2v) is 8.09.